The van der Waals surface area contributed by atoms with E-state index in [1.54, 1.807) is 0 Å². The molecule has 1 rings (SSSR count). The fourth-order valence-corrected chi connectivity index (χ4v) is 4.95. The van der Waals surface area contributed by atoms with Crippen molar-refractivity contribution in [1.29, 1.82) is 0 Å². The maximum absolute atomic E-state index is 12.3. The second-order valence-corrected chi connectivity index (χ2v) is 9.01. The molecule has 0 radical (unpaired) electrons. The average Bonchev–Trinajstić information content (AvgIpc) is 2.43. The molecule has 23 heavy (non-hydrogen) atoms. The summed E-state index contributed by atoms with van der Waals surface area (Å²) < 4.78 is 48.4. The zero-order valence-corrected chi connectivity index (χ0v) is 14.4. The Morgan fingerprint density at radius 2 is 1.74 bits per heavy atom. The molecule has 0 saturated heterocycles. The minimum atomic E-state index is -3.87. The van der Waals surface area contributed by atoms with Crippen LogP contribution in [0.1, 0.15) is 30.1 Å². The number of benzene rings is 1. The van der Waals surface area contributed by atoms with Crippen LogP contribution in [0, 0.1) is 0 Å². The molecule has 4 N–H and O–H groups in total. The Morgan fingerprint density at radius 3 is 2.22 bits per heavy atom. The highest BCUT2D eigenvalue weighted by Gasteiger charge is 2.25. The van der Waals surface area contributed by atoms with Gasteiger partial charge >= 0.3 is 0 Å². The van der Waals surface area contributed by atoms with E-state index < -0.39 is 36.4 Å². The van der Waals surface area contributed by atoms with Gasteiger partial charge in [0.25, 0.3) is 5.91 Å². The fraction of sp³-hybridized carbons (Fsp3) is 0.385. The summed E-state index contributed by atoms with van der Waals surface area (Å²) in [5.74, 6) is -1.50. The average molecular weight is 361 g/mol. The van der Waals surface area contributed by atoms with E-state index >= 15 is 0 Å². The molecule has 0 spiro atoms. The fourth-order valence-electron chi connectivity index (χ4n) is 1.81. The number of carbonyl (C=O) groups excluding carboxylic acids is 1. The van der Waals surface area contributed by atoms with Crippen molar-refractivity contribution in [3.63, 3.8) is 0 Å². The molecule has 8 nitrogen and oxygen atoms in total. The molecule has 128 valence electrons. The van der Waals surface area contributed by atoms with Crippen LogP contribution >= 0.6 is 0 Å². The monoisotopic (exact) mass is 361 g/mol. The van der Waals surface area contributed by atoms with Crippen molar-refractivity contribution >= 4 is 31.5 Å². The zero-order valence-electron chi connectivity index (χ0n) is 12.8. The molecule has 0 bridgehead atoms. The topological polar surface area (TPSA) is 150 Å². The molecule has 0 fully saturated rings. The van der Waals surface area contributed by atoms with Gasteiger partial charge in [-0.15, -0.1) is 0 Å². The van der Waals surface area contributed by atoms with Gasteiger partial charge in [-0.3, -0.25) is 4.79 Å². The van der Waals surface area contributed by atoms with Gasteiger partial charge in [-0.1, -0.05) is 13.3 Å². The minimum Gasteiger partial charge on any atom is -0.370 e. The molecule has 0 aliphatic carbocycles. The number of nitrogens with two attached hydrogens (primary N) is 2. The van der Waals surface area contributed by atoms with Crippen molar-refractivity contribution in [1.82, 2.24) is 0 Å². The summed E-state index contributed by atoms with van der Waals surface area (Å²) in [7, 11) is -7.65. The summed E-state index contributed by atoms with van der Waals surface area (Å²) in [5, 5.41) is 0. The summed E-state index contributed by atoms with van der Waals surface area (Å²) in [6, 6.07) is 3.25. The normalized spacial score (nSPS) is 11.9. The number of nitrogens with zero attached hydrogens (tertiary/aromatic N) is 1. The first-order chi connectivity index (χ1) is 10.5. The predicted molar refractivity (Wildman–Crippen MR) is 86.7 cm³/mol. The van der Waals surface area contributed by atoms with Crippen molar-refractivity contribution < 1.29 is 21.6 Å². The number of sulfone groups is 2. The van der Waals surface area contributed by atoms with Gasteiger partial charge < -0.3 is 11.5 Å². The Kier molecular flexibility index (Phi) is 5.89. The van der Waals surface area contributed by atoms with E-state index in [0.717, 1.165) is 18.4 Å². The van der Waals surface area contributed by atoms with E-state index in [1.165, 1.54) is 6.07 Å². The Balaban J connectivity index is 3.52. The van der Waals surface area contributed by atoms with Crippen LogP contribution < -0.4 is 11.5 Å². The number of guanidine groups is 1. The van der Waals surface area contributed by atoms with Crippen LogP contribution in [0.15, 0.2) is 33.0 Å². The molecule has 1 aromatic rings. The van der Waals surface area contributed by atoms with Crippen molar-refractivity contribution in [3.8, 4) is 0 Å². The highest BCUT2D eigenvalue weighted by Crippen LogP contribution is 2.24. The van der Waals surface area contributed by atoms with Gasteiger partial charge in [0.05, 0.1) is 15.5 Å². The van der Waals surface area contributed by atoms with Crippen LogP contribution in [-0.2, 0) is 19.7 Å². The smallest absolute Gasteiger partial charge is 0.280 e. The van der Waals surface area contributed by atoms with E-state index in [2.05, 4.69) is 4.99 Å². The lowest BCUT2D eigenvalue weighted by Crippen LogP contribution is -2.24. The number of rotatable bonds is 6. The molecular formula is C13H19N3O5S2. The summed E-state index contributed by atoms with van der Waals surface area (Å²) in [4.78, 5) is 14.3. The quantitative estimate of drug-likeness (QED) is 0.538. The molecule has 0 heterocycles. The lowest BCUT2D eigenvalue weighted by atomic mass is 10.2. The number of amides is 1. The third-order valence-corrected chi connectivity index (χ3v) is 6.04. The molecular weight excluding hydrogens is 342 g/mol. The molecule has 0 atom stereocenters. The van der Waals surface area contributed by atoms with Gasteiger partial charge in [0, 0.05) is 11.8 Å². The molecule has 1 aromatic carbocycles. The van der Waals surface area contributed by atoms with E-state index in [1.807, 2.05) is 6.92 Å². The van der Waals surface area contributed by atoms with Crippen LogP contribution in [0.25, 0.3) is 0 Å². The summed E-state index contributed by atoms with van der Waals surface area (Å²) in [6.45, 7) is 1.82. The number of carbonyl (C=O) groups is 1. The minimum absolute atomic E-state index is 0.117. The van der Waals surface area contributed by atoms with E-state index in [0.29, 0.717) is 12.8 Å². The van der Waals surface area contributed by atoms with Gasteiger partial charge in [0.1, 0.15) is 0 Å². The Bertz CT molecular complexity index is 838. The van der Waals surface area contributed by atoms with Crippen molar-refractivity contribution in [3.05, 3.63) is 23.8 Å². The van der Waals surface area contributed by atoms with Crippen molar-refractivity contribution in [2.75, 3.05) is 12.0 Å². The summed E-state index contributed by atoms with van der Waals surface area (Å²) in [5.41, 5.74) is 10.1. The predicted octanol–water partition coefficient (Wildman–Crippen LogP) is 0.0775. The van der Waals surface area contributed by atoms with Crippen LogP contribution in [0.5, 0.6) is 0 Å². The number of hydrogen-bond acceptors (Lipinski definition) is 5. The van der Waals surface area contributed by atoms with E-state index in [9.17, 15) is 21.6 Å². The van der Waals surface area contributed by atoms with E-state index in [4.69, 9.17) is 11.5 Å². The standard InChI is InChI=1S/C13H19N3O5S2/c1-3-4-7-23(20,21)10-6-5-9(12(17)16-13(14)15)8-11(10)22(2,18)19/h5-6,8H,3-4,7H2,1-2H3,(H4,14,15,16,17). The van der Waals surface area contributed by atoms with Crippen molar-refractivity contribution in [2.24, 2.45) is 16.5 Å². The zero-order chi connectivity index (χ0) is 17.8. The second kappa shape index (κ2) is 7.09. The number of unbranched alkanes of at least 4 members (excludes halogenated alkanes) is 1. The van der Waals surface area contributed by atoms with Crippen LogP contribution in [0.4, 0.5) is 0 Å². The maximum Gasteiger partial charge on any atom is 0.280 e. The van der Waals surface area contributed by atoms with Crippen LogP contribution in [-0.4, -0.2) is 40.7 Å². The first-order valence-corrected chi connectivity index (χ1v) is 10.2. The van der Waals surface area contributed by atoms with Gasteiger partial charge in [0.2, 0.25) is 0 Å². The second-order valence-electron chi connectivity index (χ2n) is 4.95. The number of hydrogen-bond donors (Lipinski definition) is 2. The number of aliphatic imine (C=N–C) groups is 1. The Hall–Kier alpha value is -1.94. The van der Waals surface area contributed by atoms with Gasteiger partial charge in [-0.2, -0.15) is 4.99 Å². The summed E-state index contributed by atoms with van der Waals surface area (Å²) >= 11 is 0. The van der Waals surface area contributed by atoms with Gasteiger partial charge in [0.15, 0.2) is 25.6 Å². The van der Waals surface area contributed by atoms with Crippen molar-refractivity contribution in [2.45, 2.75) is 29.6 Å². The highest BCUT2D eigenvalue weighted by atomic mass is 32.2. The first-order valence-electron chi connectivity index (χ1n) is 6.70. The third-order valence-electron chi connectivity index (χ3n) is 2.92. The SMILES string of the molecule is CCCCS(=O)(=O)c1ccc(C(=O)N=C(N)N)cc1S(C)(=O)=O. The Labute approximate surface area is 135 Å². The lowest BCUT2D eigenvalue weighted by molar-refractivity contribution is 0.100. The third kappa shape index (κ3) is 5.03. The molecule has 1 amide bonds. The molecule has 0 aliphatic heterocycles. The van der Waals surface area contributed by atoms with Crippen LogP contribution in [0.2, 0.25) is 0 Å². The van der Waals surface area contributed by atoms with Gasteiger partial charge in [-0.25, -0.2) is 16.8 Å². The summed E-state index contributed by atoms with van der Waals surface area (Å²) in [6.07, 6.45) is 1.92. The lowest BCUT2D eigenvalue weighted by Gasteiger charge is -2.10. The largest absolute Gasteiger partial charge is 0.370 e. The Morgan fingerprint density at radius 1 is 1.13 bits per heavy atom. The molecule has 0 aliphatic rings. The van der Waals surface area contributed by atoms with E-state index in [-0.39, 0.29) is 16.2 Å². The maximum atomic E-state index is 12.3. The van der Waals surface area contributed by atoms with Gasteiger partial charge in [-0.05, 0) is 24.6 Å². The molecule has 0 aromatic heterocycles. The molecule has 0 saturated carbocycles. The molecule has 0 unspecified atom stereocenters. The van der Waals surface area contributed by atoms with Crippen LogP contribution in [0.3, 0.4) is 0 Å². The first kappa shape index (κ1) is 19.1. The highest BCUT2D eigenvalue weighted by molar-refractivity contribution is 7.94. The molecule has 10 heteroatoms.